The van der Waals surface area contributed by atoms with Crippen LogP contribution < -0.4 is 4.57 Å². The summed E-state index contributed by atoms with van der Waals surface area (Å²) in [4.78, 5) is 0. The molecule has 1 aliphatic rings. The fourth-order valence-corrected chi connectivity index (χ4v) is 3.81. The topological polar surface area (TPSA) is 29.0 Å². The molecule has 2 heterocycles. The maximum absolute atomic E-state index is 9.77. The Morgan fingerprint density at radius 2 is 1.77 bits per heavy atom. The van der Waals surface area contributed by atoms with E-state index in [0.717, 1.165) is 24.2 Å². The molecule has 3 aromatic rings. The van der Waals surface area contributed by atoms with Crippen LogP contribution in [-0.2, 0) is 19.6 Å². The van der Waals surface area contributed by atoms with Gasteiger partial charge in [-0.1, -0.05) is 48.0 Å². The molecule has 136 valence electrons. The Bertz CT molecular complexity index is 878. The van der Waals surface area contributed by atoms with Gasteiger partial charge in [0, 0.05) is 17.5 Å². The fourth-order valence-electron chi connectivity index (χ4n) is 3.81. The molecule has 3 nitrogen and oxygen atoms in total. The van der Waals surface area contributed by atoms with E-state index in [1.807, 2.05) is 18.2 Å². The highest BCUT2D eigenvalue weighted by molar-refractivity contribution is 5.59. The van der Waals surface area contributed by atoms with E-state index in [2.05, 4.69) is 52.6 Å². The van der Waals surface area contributed by atoms with Crippen LogP contribution in [0, 0.1) is 14.4 Å². The molecule has 0 atom stereocenters. The lowest BCUT2D eigenvalue weighted by molar-refractivity contribution is -0.604. The number of aryl methyl sites for hydroxylation is 1. The highest BCUT2D eigenvalue weighted by Crippen LogP contribution is 2.26. The van der Waals surface area contributed by atoms with Gasteiger partial charge in [0.1, 0.15) is 11.9 Å². The van der Waals surface area contributed by atoms with Gasteiger partial charge in [-0.05, 0) is 32.3 Å². The molecule has 1 aromatic heterocycles. The Morgan fingerprint density at radius 1 is 1.00 bits per heavy atom. The number of nitrogens with zero attached hydrogens (tertiary/aromatic N) is 2. The van der Waals surface area contributed by atoms with Gasteiger partial charge in [0.15, 0.2) is 5.69 Å². The molecule has 26 heavy (non-hydrogen) atoms. The van der Waals surface area contributed by atoms with Crippen LogP contribution in [-0.4, -0.2) is 9.67 Å². The van der Waals surface area contributed by atoms with Crippen LogP contribution in [0.4, 0.5) is 0 Å². The molecule has 0 aliphatic carbocycles. The second-order valence-electron chi connectivity index (χ2n) is 6.92. The van der Waals surface area contributed by atoms with Gasteiger partial charge in [0.25, 0.3) is 5.82 Å². The fraction of sp³-hybridized carbons (Fsp3) is 0.304. The van der Waals surface area contributed by atoms with Crippen LogP contribution in [0.25, 0.3) is 16.9 Å². The number of hydrogen-bond acceptors (Lipinski definition) is 1. The molecule has 0 spiro atoms. The van der Waals surface area contributed by atoms with E-state index >= 15 is 0 Å². The van der Waals surface area contributed by atoms with Crippen molar-refractivity contribution in [2.24, 2.45) is 0 Å². The third-order valence-electron chi connectivity index (χ3n) is 5.18. The lowest BCUT2D eigenvalue weighted by Gasteiger charge is -2.06. The summed E-state index contributed by atoms with van der Waals surface area (Å²) >= 11 is 0. The van der Waals surface area contributed by atoms with Crippen LogP contribution in [0.5, 0.6) is 0 Å². The van der Waals surface area contributed by atoms with Gasteiger partial charge in [-0.15, -0.1) is 0 Å². The SMILES string of the molecule is Cc1ccc(-c2c[n+](-c3ccccc3CO)c3n2CCCCC3)cc1.[CH3-]. The number of benzene rings is 2. The molecule has 0 amide bonds. The zero-order chi connectivity index (χ0) is 17.2. The number of imidazole rings is 1. The lowest BCUT2D eigenvalue weighted by Crippen LogP contribution is -2.35. The second-order valence-corrected chi connectivity index (χ2v) is 6.92. The van der Waals surface area contributed by atoms with Crippen molar-refractivity contribution in [3.8, 4) is 16.9 Å². The molecule has 1 aliphatic heterocycles. The molecule has 2 aromatic carbocycles. The summed E-state index contributed by atoms with van der Waals surface area (Å²) in [5, 5.41) is 9.77. The van der Waals surface area contributed by atoms with E-state index in [-0.39, 0.29) is 14.0 Å². The third-order valence-corrected chi connectivity index (χ3v) is 5.18. The van der Waals surface area contributed by atoms with Gasteiger partial charge in [-0.25, -0.2) is 4.57 Å². The van der Waals surface area contributed by atoms with Crippen LogP contribution in [0.15, 0.2) is 54.7 Å². The highest BCUT2D eigenvalue weighted by Gasteiger charge is 2.27. The van der Waals surface area contributed by atoms with Crippen molar-refractivity contribution in [1.82, 2.24) is 4.57 Å². The molecule has 0 unspecified atom stereocenters. The normalized spacial score (nSPS) is 13.6. The van der Waals surface area contributed by atoms with Crippen LogP contribution in [0.2, 0.25) is 0 Å². The highest BCUT2D eigenvalue weighted by atomic mass is 16.3. The van der Waals surface area contributed by atoms with Gasteiger partial charge in [-0.2, -0.15) is 4.57 Å². The summed E-state index contributed by atoms with van der Waals surface area (Å²) in [6.07, 6.45) is 7.04. The first-order valence-corrected chi connectivity index (χ1v) is 9.18. The van der Waals surface area contributed by atoms with Crippen LogP contribution in [0.3, 0.4) is 0 Å². The Labute approximate surface area is 156 Å². The standard InChI is InChI=1S/C22H25N2O.CH3/c1-17-10-12-18(13-11-17)21-15-24(20-8-5-4-7-19(20)16-25)22-9-3-2-6-14-23(21)22;/h4-5,7-8,10-13,15,25H,2-3,6,9,14,16H2,1H3;1H3/q+1;-1. The van der Waals surface area contributed by atoms with E-state index in [9.17, 15) is 5.11 Å². The first kappa shape index (κ1) is 18.4. The predicted octanol–water partition coefficient (Wildman–Crippen LogP) is 4.41. The molecule has 0 saturated heterocycles. The van der Waals surface area contributed by atoms with E-state index in [1.54, 1.807) is 0 Å². The zero-order valence-electron chi connectivity index (χ0n) is 15.8. The number of hydrogen-bond donors (Lipinski definition) is 1. The molecule has 0 fully saturated rings. The largest absolute Gasteiger partial charge is 0.392 e. The molecular weight excluding hydrogens is 320 g/mol. The zero-order valence-corrected chi connectivity index (χ0v) is 15.8. The maximum atomic E-state index is 9.77. The number of aliphatic hydroxyl groups excluding tert-OH is 1. The summed E-state index contributed by atoms with van der Waals surface area (Å²) in [6, 6.07) is 16.9. The minimum Gasteiger partial charge on any atom is -0.392 e. The first-order valence-electron chi connectivity index (χ1n) is 9.18. The van der Waals surface area contributed by atoms with Gasteiger partial charge in [0.2, 0.25) is 0 Å². The average molecular weight is 348 g/mol. The van der Waals surface area contributed by atoms with E-state index in [0.29, 0.717) is 0 Å². The summed E-state index contributed by atoms with van der Waals surface area (Å²) in [5.41, 5.74) is 5.87. The quantitative estimate of drug-likeness (QED) is 0.551. The number of aliphatic hydroxyl groups is 1. The summed E-state index contributed by atoms with van der Waals surface area (Å²) < 4.78 is 4.78. The lowest BCUT2D eigenvalue weighted by atomic mass is 10.1. The minimum atomic E-state index is 0. The van der Waals surface area contributed by atoms with Crippen molar-refractivity contribution in [3.05, 3.63) is 79.1 Å². The van der Waals surface area contributed by atoms with Crippen LogP contribution in [0.1, 0.15) is 36.2 Å². The molecule has 4 rings (SSSR count). The summed E-state index contributed by atoms with van der Waals surface area (Å²) in [6.45, 7) is 3.25. The van der Waals surface area contributed by atoms with Crippen molar-refractivity contribution in [2.45, 2.75) is 45.8 Å². The van der Waals surface area contributed by atoms with Gasteiger partial charge in [-0.3, -0.25) is 0 Å². The molecular formula is C23H28N2O. The number of para-hydroxylation sites is 1. The van der Waals surface area contributed by atoms with Crippen molar-refractivity contribution in [2.75, 3.05) is 0 Å². The average Bonchev–Trinajstić information content (AvgIpc) is 2.83. The Balaban J connectivity index is 0.00000196. The van der Waals surface area contributed by atoms with E-state index < -0.39 is 0 Å². The minimum absolute atomic E-state index is 0. The third kappa shape index (κ3) is 3.32. The molecule has 0 radical (unpaired) electrons. The van der Waals surface area contributed by atoms with Crippen molar-refractivity contribution >= 4 is 0 Å². The van der Waals surface area contributed by atoms with Crippen molar-refractivity contribution in [1.29, 1.82) is 0 Å². The molecule has 0 bridgehead atoms. The molecule has 1 N–H and O–H groups in total. The Kier molecular flexibility index (Phi) is 5.58. The van der Waals surface area contributed by atoms with Gasteiger partial charge in [0.05, 0.1) is 13.2 Å². The van der Waals surface area contributed by atoms with E-state index in [1.165, 1.54) is 41.9 Å². The second kappa shape index (κ2) is 7.88. The summed E-state index contributed by atoms with van der Waals surface area (Å²) in [5.74, 6) is 1.34. The number of aromatic nitrogens is 2. The van der Waals surface area contributed by atoms with Crippen molar-refractivity contribution < 1.29 is 9.67 Å². The smallest absolute Gasteiger partial charge is 0.262 e. The summed E-state index contributed by atoms with van der Waals surface area (Å²) in [7, 11) is 0. The number of rotatable bonds is 3. The Morgan fingerprint density at radius 3 is 2.54 bits per heavy atom. The predicted molar refractivity (Wildman–Crippen MR) is 106 cm³/mol. The van der Waals surface area contributed by atoms with E-state index in [4.69, 9.17) is 0 Å². The number of fused-ring (bicyclic) bond motifs is 1. The van der Waals surface area contributed by atoms with Gasteiger partial charge >= 0.3 is 0 Å². The monoisotopic (exact) mass is 348 g/mol. The van der Waals surface area contributed by atoms with Crippen molar-refractivity contribution in [3.63, 3.8) is 0 Å². The first-order chi connectivity index (χ1) is 12.3. The maximum Gasteiger partial charge on any atom is 0.262 e. The van der Waals surface area contributed by atoms with Crippen LogP contribution >= 0.6 is 0 Å². The molecule has 3 heteroatoms. The van der Waals surface area contributed by atoms with Gasteiger partial charge < -0.3 is 12.5 Å². The Hall–Kier alpha value is -2.39. The molecule has 0 saturated carbocycles.